The number of likely N-dealkylation sites (tertiary alicyclic amines) is 1. The van der Waals surface area contributed by atoms with E-state index in [1.54, 1.807) is 37.3 Å². The molecular formula is C31H35ClN6O5. The number of ether oxygens (including phenoxy) is 3. The standard InChI is InChI=1S/C31H35ClN6O5/c1-17-13-22(24(41-6)14-18(17)27(39)34-21-11-12-37(4)16-25(21)42-7)35-30-33-15-20(32)28(36-30)43-23-10-8-9-19-26(23)29(40)38(5)31(19,2)3/h8-10,13-15,25H,11-12,16H2,1-7H3,(H,33,35,36)/b34-21-/t25-/m1/s1. The van der Waals surface area contributed by atoms with Gasteiger partial charge in [-0.15, -0.1) is 0 Å². The van der Waals surface area contributed by atoms with Crippen LogP contribution >= 0.6 is 11.6 Å². The molecule has 1 atom stereocenters. The lowest BCUT2D eigenvalue weighted by Crippen LogP contribution is -2.43. The van der Waals surface area contributed by atoms with E-state index in [-0.39, 0.29) is 34.8 Å². The summed E-state index contributed by atoms with van der Waals surface area (Å²) < 4.78 is 17.3. The Bertz CT molecular complexity index is 1620. The van der Waals surface area contributed by atoms with Gasteiger partial charge < -0.3 is 29.3 Å². The summed E-state index contributed by atoms with van der Waals surface area (Å²) in [4.78, 5) is 43.3. The quantitative estimate of drug-likeness (QED) is 0.385. The maximum atomic E-state index is 13.2. The van der Waals surface area contributed by atoms with E-state index in [1.807, 2.05) is 40.0 Å². The van der Waals surface area contributed by atoms with Crippen molar-refractivity contribution in [2.45, 2.75) is 38.8 Å². The number of carbonyl (C=O) groups is 2. The highest BCUT2D eigenvalue weighted by Gasteiger charge is 2.42. The number of fused-ring (bicyclic) bond motifs is 1. The Morgan fingerprint density at radius 1 is 1.19 bits per heavy atom. The van der Waals surface area contributed by atoms with Crippen molar-refractivity contribution < 1.29 is 23.8 Å². The van der Waals surface area contributed by atoms with Gasteiger partial charge in [0.05, 0.1) is 35.8 Å². The number of rotatable bonds is 7. The second-order valence-electron chi connectivity index (χ2n) is 11.2. The zero-order valence-electron chi connectivity index (χ0n) is 25.3. The summed E-state index contributed by atoms with van der Waals surface area (Å²) in [6, 6.07) is 8.87. The van der Waals surface area contributed by atoms with Gasteiger partial charge in [-0.2, -0.15) is 4.98 Å². The van der Waals surface area contributed by atoms with Crippen LogP contribution in [0.5, 0.6) is 17.4 Å². The molecule has 11 nitrogen and oxygen atoms in total. The summed E-state index contributed by atoms with van der Waals surface area (Å²) in [5, 5.41) is 3.31. The number of hydrogen-bond donors (Lipinski definition) is 1. The number of aryl methyl sites for hydroxylation is 1. The van der Waals surface area contributed by atoms with E-state index in [9.17, 15) is 9.59 Å². The van der Waals surface area contributed by atoms with E-state index in [4.69, 9.17) is 25.8 Å². The van der Waals surface area contributed by atoms with Gasteiger partial charge in [-0.3, -0.25) is 9.59 Å². The first kappa shape index (κ1) is 30.4. The van der Waals surface area contributed by atoms with Crippen molar-refractivity contribution in [1.82, 2.24) is 19.8 Å². The van der Waals surface area contributed by atoms with Crippen LogP contribution in [-0.2, 0) is 10.3 Å². The van der Waals surface area contributed by atoms with Crippen molar-refractivity contribution in [1.29, 1.82) is 0 Å². The molecule has 1 fully saturated rings. The number of benzene rings is 2. The average molecular weight is 607 g/mol. The summed E-state index contributed by atoms with van der Waals surface area (Å²) in [7, 11) is 6.91. The largest absolute Gasteiger partial charge is 0.495 e. The minimum absolute atomic E-state index is 0.0804. The topological polar surface area (TPSA) is 118 Å². The fourth-order valence-corrected chi connectivity index (χ4v) is 5.45. The minimum atomic E-state index is -0.486. The molecule has 0 saturated carbocycles. The second kappa shape index (κ2) is 11.9. The van der Waals surface area contributed by atoms with Crippen molar-refractivity contribution in [3.63, 3.8) is 0 Å². The molecule has 226 valence electrons. The zero-order valence-corrected chi connectivity index (χ0v) is 26.1. The van der Waals surface area contributed by atoms with Gasteiger partial charge in [-0.25, -0.2) is 9.98 Å². The number of aliphatic imine (C=N–C) groups is 1. The van der Waals surface area contributed by atoms with Crippen LogP contribution < -0.4 is 14.8 Å². The van der Waals surface area contributed by atoms with Gasteiger partial charge in [-0.05, 0) is 57.1 Å². The zero-order chi connectivity index (χ0) is 31.1. The number of amides is 2. The molecule has 3 aromatic rings. The number of nitrogens with one attached hydrogen (secondary N) is 1. The number of aromatic nitrogens is 2. The van der Waals surface area contributed by atoms with E-state index >= 15 is 0 Å². The fourth-order valence-electron chi connectivity index (χ4n) is 5.32. The van der Waals surface area contributed by atoms with Gasteiger partial charge >= 0.3 is 0 Å². The highest BCUT2D eigenvalue weighted by atomic mass is 35.5. The molecule has 1 aromatic heterocycles. The highest BCUT2D eigenvalue weighted by Crippen LogP contribution is 2.43. The van der Waals surface area contributed by atoms with Gasteiger partial charge in [0.15, 0.2) is 0 Å². The number of methoxy groups -OCH3 is 2. The van der Waals surface area contributed by atoms with E-state index in [0.29, 0.717) is 46.8 Å². The summed E-state index contributed by atoms with van der Waals surface area (Å²) in [5.74, 6) is 0.510. The van der Waals surface area contributed by atoms with Crippen molar-refractivity contribution in [2.75, 3.05) is 46.7 Å². The van der Waals surface area contributed by atoms with Crippen LogP contribution in [0.3, 0.4) is 0 Å². The molecule has 12 heteroatoms. The van der Waals surface area contributed by atoms with Gasteiger partial charge in [0, 0.05) is 39.2 Å². The maximum Gasteiger partial charge on any atom is 0.277 e. The van der Waals surface area contributed by atoms with Crippen LogP contribution in [-0.4, -0.2) is 84.8 Å². The summed E-state index contributed by atoms with van der Waals surface area (Å²) in [5.41, 5.74) is 3.21. The second-order valence-corrected chi connectivity index (χ2v) is 11.6. The molecule has 5 rings (SSSR count). The van der Waals surface area contributed by atoms with Gasteiger partial charge in [0.25, 0.3) is 11.8 Å². The van der Waals surface area contributed by atoms with Gasteiger partial charge in [0.1, 0.15) is 22.6 Å². The lowest BCUT2D eigenvalue weighted by Gasteiger charge is -2.30. The molecule has 1 N–H and O–H groups in total. The summed E-state index contributed by atoms with van der Waals surface area (Å²) in [6.07, 6.45) is 1.84. The third kappa shape index (κ3) is 5.80. The molecule has 0 unspecified atom stereocenters. The monoisotopic (exact) mass is 606 g/mol. The van der Waals surface area contributed by atoms with E-state index in [0.717, 1.165) is 17.8 Å². The molecule has 0 radical (unpaired) electrons. The van der Waals surface area contributed by atoms with E-state index in [1.165, 1.54) is 13.3 Å². The van der Waals surface area contributed by atoms with Crippen LogP contribution in [0, 0.1) is 6.92 Å². The molecule has 2 amide bonds. The highest BCUT2D eigenvalue weighted by molar-refractivity contribution is 6.31. The van der Waals surface area contributed by atoms with Crippen LogP contribution in [0.25, 0.3) is 0 Å². The molecule has 2 aromatic carbocycles. The number of anilines is 2. The fraction of sp³-hybridized carbons (Fsp3) is 0.387. The smallest absolute Gasteiger partial charge is 0.277 e. The van der Waals surface area contributed by atoms with Gasteiger partial charge in [-0.1, -0.05) is 23.7 Å². The average Bonchev–Trinajstić information content (AvgIpc) is 3.16. The third-order valence-electron chi connectivity index (χ3n) is 8.11. The molecule has 2 aliphatic heterocycles. The van der Waals surface area contributed by atoms with Crippen molar-refractivity contribution in [3.05, 3.63) is 63.8 Å². The predicted molar refractivity (Wildman–Crippen MR) is 164 cm³/mol. The molecule has 0 bridgehead atoms. The first-order valence-electron chi connectivity index (χ1n) is 13.9. The molecule has 43 heavy (non-hydrogen) atoms. The Morgan fingerprint density at radius 3 is 2.67 bits per heavy atom. The van der Waals surface area contributed by atoms with Crippen LogP contribution in [0.15, 0.2) is 41.5 Å². The van der Waals surface area contributed by atoms with Crippen molar-refractivity contribution in [3.8, 4) is 17.4 Å². The van der Waals surface area contributed by atoms with Crippen LogP contribution in [0.1, 0.15) is 52.1 Å². The number of nitrogens with zero attached hydrogens (tertiary/aromatic N) is 5. The summed E-state index contributed by atoms with van der Waals surface area (Å²) >= 11 is 6.41. The maximum absolute atomic E-state index is 13.2. The number of hydrogen-bond acceptors (Lipinski definition) is 9. The lowest BCUT2D eigenvalue weighted by atomic mass is 9.94. The molecule has 1 saturated heterocycles. The first-order valence-corrected chi connectivity index (χ1v) is 14.2. The van der Waals surface area contributed by atoms with Crippen LogP contribution in [0.2, 0.25) is 5.02 Å². The van der Waals surface area contributed by atoms with Crippen molar-refractivity contribution >= 4 is 40.8 Å². The molecule has 2 aliphatic rings. The van der Waals surface area contributed by atoms with E-state index < -0.39 is 5.54 Å². The van der Waals surface area contributed by atoms with Crippen LogP contribution in [0.4, 0.5) is 11.6 Å². The third-order valence-corrected chi connectivity index (χ3v) is 8.37. The molecule has 0 spiro atoms. The molecular weight excluding hydrogens is 572 g/mol. The minimum Gasteiger partial charge on any atom is -0.495 e. The number of piperidine rings is 1. The van der Waals surface area contributed by atoms with Crippen molar-refractivity contribution in [2.24, 2.45) is 4.99 Å². The molecule has 0 aliphatic carbocycles. The first-order chi connectivity index (χ1) is 20.4. The Balaban J connectivity index is 1.41. The SMILES string of the molecule is COc1cc(C(=O)/N=C2/CCN(C)C[C@H]2OC)c(C)cc1Nc1ncc(Cl)c(Oc2cccc3c2C(=O)N(C)C3(C)C)n1. The Kier molecular flexibility index (Phi) is 8.42. The number of likely N-dealkylation sites (N-methyl/N-ethyl adjacent to an activating group) is 1. The Labute approximate surface area is 255 Å². The van der Waals surface area contributed by atoms with E-state index in [2.05, 4.69) is 25.2 Å². The lowest BCUT2D eigenvalue weighted by molar-refractivity contribution is 0.0689. The Hall–Kier alpha value is -4.06. The number of carbonyl (C=O) groups excluding carboxylic acids is 2. The number of halogens is 1. The molecule has 3 heterocycles. The van der Waals surface area contributed by atoms with Gasteiger partial charge in [0.2, 0.25) is 11.8 Å². The summed E-state index contributed by atoms with van der Waals surface area (Å²) in [6.45, 7) is 7.27. The Morgan fingerprint density at radius 2 is 1.95 bits per heavy atom. The normalized spacial score (nSPS) is 19.0. The predicted octanol–water partition coefficient (Wildman–Crippen LogP) is 5.24.